The molecule has 0 unspecified atom stereocenters. The Morgan fingerprint density at radius 1 is 0.929 bits per heavy atom. The molecule has 0 aliphatic rings. The van der Waals surface area contributed by atoms with Gasteiger partial charge in [-0.1, -0.05) is 24.3 Å². The quantitative estimate of drug-likeness (QED) is 0.637. The molecule has 1 atom stereocenters. The summed E-state index contributed by atoms with van der Waals surface area (Å²) >= 11 is 0. The average Bonchev–Trinajstić information content (AvgIpc) is 2.61. The lowest BCUT2D eigenvalue weighted by Crippen LogP contribution is -2.45. The molecule has 3 N–H and O–H groups in total. The molecule has 0 fully saturated rings. The van der Waals surface area contributed by atoms with E-state index in [1.807, 2.05) is 0 Å². The minimum absolute atomic E-state index is 0.135. The summed E-state index contributed by atoms with van der Waals surface area (Å²) in [6.45, 7) is 5.32. The Morgan fingerprint density at radius 2 is 1.43 bits per heavy atom. The third kappa shape index (κ3) is 7.31. The van der Waals surface area contributed by atoms with Crippen molar-refractivity contribution < 1.29 is 24.5 Å². The number of hydrogen-bond acceptors (Lipinski definition) is 5. The fourth-order valence-electron chi connectivity index (χ4n) is 2.62. The van der Waals surface area contributed by atoms with Crippen LogP contribution < -0.4 is 5.32 Å². The van der Waals surface area contributed by atoms with Gasteiger partial charge in [-0.05, 0) is 62.6 Å². The second-order valence-electron chi connectivity index (χ2n) is 7.69. The van der Waals surface area contributed by atoms with Gasteiger partial charge < -0.3 is 20.3 Å². The fourth-order valence-corrected chi connectivity index (χ4v) is 2.62. The predicted octanol–water partition coefficient (Wildman–Crippen LogP) is 3.10. The highest BCUT2D eigenvalue weighted by Gasteiger charge is 2.26. The van der Waals surface area contributed by atoms with Gasteiger partial charge in [0.1, 0.15) is 23.1 Å². The highest BCUT2D eigenvalue weighted by Crippen LogP contribution is 2.15. The largest absolute Gasteiger partial charge is 0.508 e. The molecule has 2 aromatic rings. The highest BCUT2D eigenvalue weighted by atomic mass is 16.6. The molecule has 6 heteroatoms. The summed E-state index contributed by atoms with van der Waals surface area (Å²) in [5.74, 6) is -0.455. The van der Waals surface area contributed by atoms with Crippen LogP contribution in [0.15, 0.2) is 48.5 Å². The number of amides is 1. The van der Waals surface area contributed by atoms with Crippen molar-refractivity contribution in [2.75, 3.05) is 0 Å². The van der Waals surface area contributed by atoms with E-state index in [1.165, 1.54) is 12.1 Å². The third-order valence-electron chi connectivity index (χ3n) is 3.98. The second kappa shape index (κ2) is 9.26. The Morgan fingerprint density at radius 3 is 1.93 bits per heavy atom. The van der Waals surface area contributed by atoms with E-state index in [-0.39, 0.29) is 30.2 Å². The summed E-state index contributed by atoms with van der Waals surface area (Å²) in [7, 11) is 0. The number of rotatable bonds is 7. The number of aryl methyl sites for hydroxylation is 1. The first-order valence-electron chi connectivity index (χ1n) is 9.20. The van der Waals surface area contributed by atoms with Crippen molar-refractivity contribution in [1.29, 1.82) is 0 Å². The normalized spacial score (nSPS) is 12.2. The molecular formula is C22H27NO5. The molecule has 150 valence electrons. The van der Waals surface area contributed by atoms with Gasteiger partial charge in [0.25, 0.3) is 0 Å². The van der Waals surface area contributed by atoms with Crippen molar-refractivity contribution in [3.63, 3.8) is 0 Å². The van der Waals surface area contributed by atoms with Crippen LogP contribution in [0.4, 0.5) is 0 Å². The number of carbonyl (C=O) groups is 2. The first-order valence-corrected chi connectivity index (χ1v) is 9.20. The number of phenolic OH excluding ortho intramolecular Hbond substituents is 2. The predicted molar refractivity (Wildman–Crippen MR) is 106 cm³/mol. The Hall–Kier alpha value is -3.02. The van der Waals surface area contributed by atoms with E-state index in [0.29, 0.717) is 6.42 Å². The number of nitrogens with one attached hydrogen (secondary N) is 1. The van der Waals surface area contributed by atoms with Gasteiger partial charge in [-0.15, -0.1) is 0 Å². The van der Waals surface area contributed by atoms with E-state index in [4.69, 9.17) is 4.74 Å². The molecule has 0 aromatic heterocycles. The van der Waals surface area contributed by atoms with Gasteiger partial charge in [-0.3, -0.25) is 4.79 Å². The van der Waals surface area contributed by atoms with Crippen molar-refractivity contribution in [1.82, 2.24) is 5.32 Å². The number of aromatic hydroxyl groups is 2. The summed E-state index contributed by atoms with van der Waals surface area (Å²) < 4.78 is 5.44. The number of phenols is 2. The molecule has 0 radical (unpaired) electrons. The number of benzene rings is 2. The molecule has 0 bridgehead atoms. The Labute approximate surface area is 165 Å². The summed E-state index contributed by atoms with van der Waals surface area (Å²) in [4.78, 5) is 25.0. The van der Waals surface area contributed by atoms with E-state index in [0.717, 1.165) is 11.1 Å². The summed E-state index contributed by atoms with van der Waals surface area (Å²) in [5.41, 5.74) is 1.05. The second-order valence-corrected chi connectivity index (χ2v) is 7.69. The molecule has 2 aromatic carbocycles. The van der Waals surface area contributed by atoms with Crippen LogP contribution in [0.2, 0.25) is 0 Å². The number of ether oxygens (including phenoxy) is 1. The molecule has 1 amide bonds. The zero-order valence-electron chi connectivity index (χ0n) is 16.4. The monoisotopic (exact) mass is 385 g/mol. The molecule has 0 saturated carbocycles. The molecule has 2 rings (SSSR count). The van der Waals surface area contributed by atoms with Crippen molar-refractivity contribution >= 4 is 11.9 Å². The molecule has 0 heterocycles. The Kier molecular flexibility index (Phi) is 7.04. The minimum Gasteiger partial charge on any atom is -0.508 e. The zero-order valence-corrected chi connectivity index (χ0v) is 16.4. The lowest BCUT2D eigenvalue weighted by atomic mass is 10.0. The van der Waals surface area contributed by atoms with Crippen molar-refractivity contribution in [2.45, 2.75) is 51.7 Å². The molecule has 28 heavy (non-hydrogen) atoms. The summed E-state index contributed by atoms with van der Waals surface area (Å²) in [6, 6.07) is 12.3. The lowest BCUT2D eigenvalue weighted by Gasteiger charge is -2.24. The van der Waals surface area contributed by atoms with Gasteiger partial charge in [0, 0.05) is 12.8 Å². The first-order chi connectivity index (χ1) is 13.1. The molecule has 0 aliphatic heterocycles. The first kappa shape index (κ1) is 21.3. The smallest absolute Gasteiger partial charge is 0.329 e. The zero-order chi connectivity index (χ0) is 20.7. The molecule has 0 saturated heterocycles. The summed E-state index contributed by atoms with van der Waals surface area (Å²) in [5, 5.41) is 21.5. The van der Waals surface area contributed by atoms with Gasteiger partial charge in [-0.25, -0.2) is 4.79 Å². The van der Waals surface area contributed by atoms with Crippen LogP contribution in [0, 0.1) is 0 Å². The van der Waals surface area contributed by atoms with E-state index in [1.54, 1.807) is 57.2 Å². The van der Waals surface area contributed by atoms with Crippen LogP contribution in [-0.2, 0) is 27.2 Å². The van der Waals surface area contributed by atoms with Crippen molar-refractivity contribution in [3.8, 4) is 11.5 Å². The number of hydrogen-bond donors (Lipinski definition) is 3. The van der Waals surface area contributed by atoms with E-state index < -0.39 is 17.6 Å². The van der Waals surface area contributed by atoms with Gasteiger partial charge in [0.05, 0.1) is 0 Å². The topological polar surface area (TPSA) is 95.9 Å². The minimum atomic E-state index is -0.823. The average molecular weight is 385 g/mol. The van der Waals surface area contributed by atoms with Crippen LogP contribution in [0.25, 0.3) is 0 Å². The SMILES string of the molecule is CC(C)(C)OC(=O)[C@H](Cc1ccc(O)cc1)NC(=O)CCc1ccc(O)cc1. The Bertz CT molecular complexity index is 791. The van der Waals surface area contributed by atoms with Gasteiger partial charge >= 0.3 is 5.97 Å². The number of carbonyl (C=O) groups excluding carboxylic acids is 2. The van der Waals surface area contributed by atoms with E-state index in [9.17, 15) is 19.8 Å². The van der Waals surface area contributed by atoms with Crippen LogP contribution >= 0.6 is 0 Å². The van der Waals surface area contributed by atoms with E-state index >= 15 is 0 Å². The van der Waals surface area contributed by atoms with Crippen LogP contribution in [0.3, 0.4) is 0 Å². The van der Waals surface area contributed by atoms with Gasteiger partial charge in [-0.2, -0.15) is 0 Å². The number of esters is 1. The molecule has 0 spiro atoms. The van der Waals surface area contributed by atoms with Crippen LogP contribution in [-0.4, -0.2) is 33.7 Å². The van der Waals surface area contributed by atoms with Crippen molar-refractivity contribution in [3.05, 3.63) is 59.7 Å². The van der Waals surface area contributed by atoms with Crippen LogP contribution in [0.1, 0.15) is 38.3 Å². The maximum atomic E-state index is 12.6. The maximum absolute atomic E-state index is 12.6. The highest BCUT2D eigenvalue weighted by molar-refractivity contribution is 5.85. The molecule has 6 nitrogen and oxygen atoms in total. The maximum Gasteiger partial charge on any atom is 0.329 e. The Balaban J connectivity index is 2.02. The van der Waals surface area contributed by atoms with Gasteiger partial charge in [0.2, 0.25) is 5.91 Å². The lowest BCUT2D eigenvalue weighted by molar-refractivity contribution is -0.158. The van der Waals surface area contributed by atoms with Gasteiger partial charge in [0.15, 0.2) is 0 Å². The standard InChI is InChI=1S/C22H27NO5/c1-22(2,3)28-21(27)19(14-16-6-11-18(25)12-7-16)23-20(26)13-8-15-4-9-17(24)10-5-15/h4-7,9-12,19,24-25H,8,13-14H2,1-3H3,(H,23,26)/t19-/m0/s1. The molecule has 0 aliphatic carbocycles. The molecular weight excluding hydrogens is 358 g/mol. The summed E-state index contributed by atoms with van der Waals surface area (Å²) in [6.07, 6.45) is 0.964. The third-order valence-corrected chi connectivity index (χ3v) is 3.98. The van der Waals surface area contributed by atoms with Crippen LogP contribution in [0.5, 0.6) is 11.5 Å². The fraction of sp³-hybridized carbons (Fsp3) is 0.364. The van der Waals surface area contributed by atoms with Crippen molar-refractivity contribution in [2.24, 2.45) is 0 Å². The van der Waals surface area contributed by atoms with E-state index in [2.05, 4.69) is 5.32 Å².